The smallest absolute Gasteiger partial charge is 0.222 e. The first kappa shape index (κ1) is 14.7. The lowest BCUT2D eigenvalue weighted by molar-refractivity contribution is -0.129. The van der Waals surface area contributed by atoms with Crippen molar-refractivity contribution in [3.8, 4) is 0 Å². The van der Waals surface area contributed by atoms with Gasteiger partial charge in [0.25, 0.3) is 0 Å². The predicted molar refractivity (Wildman–Crippen MR) is 75.7 cm³/mol. The van der Waals surface area contributed by atoms with E-state index >= 15 is 0 Å². The molecule has 1 rings (SSSR count). The normalized spacial score (nSPS) is 10.4. The molecule has 0 bridgehead atoms. The van der Waals surface area contributed by atoms with Crippen molar-refractivity contribution >= 4 is 5.91 Å². The summed E-state index contributed by atoms with van der Waals surface area (Å²) in [4.78, 5) is 13.6. The number of nitrogens with one attached hydrogen (secondary N) is 1. The van der Waals surface area contributed by atoms with Crippen LogP contribution >= 0.6 is 0 Å². The van der Waals surface area contributed by atoms with E-state index in [1.165, 1.54) is 11.1 Å². The van der Waals surface area contributed by atoms with Crippen molar-refractivity contribution in [2.75, 3.05) is 27.2 Å². The van der Waals surface area contributed by atoms with E-state index < -0.39 is 0 Å². The van der Waals surface area contributed by atoms with E-state index in [0.29, 0.717) is 6.42 Å². The zero-order valence-corrected chi connectivity index (χ0v) is 11.7. The summed E-state index contributed by atoms with van der Waals surface area (Å²) in [6.45, 7) is 3.78. The molecule has 1 aromatic carbocycles. The Bertz CT molecular complexity index is 359. The van der Waals surface area contributed by atoms with Crippen LogP contribution in [0.5, 0.6) is 0 Å². The lowest BCUT2D eigenvalue weighted by Gasteiger charge is -2.17. The van der Waals surface area contributed by atoms with Crippen molar-refractivity contribution in [2.45, 2.75) is 26.2 Å². The molecule has 0 saturated heterocycles. The summed E-state index contributed by atoms with van der Waals surface area (Å²) < 4.78 is 0. The minimum Gasteiger partial charge on any atom is -0.345 e. The average Bonchev–Trinajstić information content (AvgIpc) is 2.38. The third-order valence-electron chi connectivity index (χ3n) is 3.10. The molecule has 0 aliphatic rings. The first-order chi connectivity index (χ1) is 8.63. The molecule has 0 atom stereocenters. The van der Waals surface area contributed by atoms with Crippen LogP contribution in [0.4, 0.5) is 0 Å². The summed E-state index contributed by atoms with van der Waals surface area (Å²) in [7, 11) is 3.79. The van der Waals surface area contributed by atoms with Crippen molar-refractivity contribution in [3.63, 3.8) is 0 Å². The molecular formula is C15H24N2O. The van der Waals surface area contributed by atoms with E-state index in [1.807, 2.05) is 19.0 Å². The molecule has 1 amide bonds. The molecule has 0 aliphatic carbocycles. The van der Waals surface area contributed by atoms with Gasteiger partial charge in [-0.2, -0.15) is 0 Å². The fraction of sp³-hybridized carbons (Fsp3) is 0.533. The largest absolute Gasteiger partial charge is 0.345 e. The lowest BCUT2D eigenvalue weighted by atomic mass is 10.1. The molecule has 0 aliphatic heterocycles. The maximum atomic E-state index is 11.8. The van der Waals surface area contributed by atoms with Gasteiger partial charge in [0, 0.05) is 20.0 Å². The van der Waals surface area contributed by atoms with Crippen LogP contribution in [-0.4, -0.2) is 38.0 Å². The van der Waals surface area contributed by atoms with Crippen molar-refractivity contribution < 1.29 is 4.79 Å². The maximum Gasteiger partial charge on any atom is 0.222 e. The van der Waals surface area contributed by atoms with Crippen LogP contribution in [0.3, 0.4) is 0 Å². The monoisotopic (exact) mass is 248 g/mol. The van der Waals surface area contributed by atoms with Gasteiger partial charge in [-0.05, 0) is 38.9 Å². The molecule has 1 N–H and O–H groups in total. The number of nitrogens with zero attached hydrogens (tertiary/aromatic N) is 1. The van der Waals surface area contributed by atoms with Gasteiger partial charge in [-0.25, -0.2) is 0 Å². The van der Waals surface area contributed by atoms with Gasteiger partial charge in [0.05, 0.1) is 0 Å². The van der Waals surface area contributed by atoms with Crippen LogP contribution in [0, 0.1) is 6.92 Å². The minimum absolute atomic E-state index is 0.234. The summed E-state index contributed by atoms with van der Waals surface area (Å²) in [5.41, 5.74) is 2.56. The Hall–Kier alpha value is -1.35. The third kappa shape index (κ3) is 5.32. The average molecular weight is 248 g/mol. The standard InChI is InChI=1S/C15H24N2O/c1-13-6-8-14(9-7-13)10-12-17(3)15(18)5-4-11-16-2/h6-9,16H,4-5,10-12H2,1-3H3. The first-order valence-electron chi connectivity index (χ1n) is 6.57. The van der Waals surface area contributed by atoms with Crippen molar-refractivity contribution in [3.05, 3.63) is 35.4 Å². The SMILES string of the molecule is CNCCCC(=O)N(C)CCc1ccc(C)cc1. The maximum absolute atomic E-state index is 11.8. The van der Waals surface area contributed by atoms with Crippen LogP contribution in [0.1, 0.15) is 24.0 Å². The topological polar surface area (TPSA) is 32.3 Å². The second kappa shape index (κ2) is 7.88. The summed E-state index contributed by atoms with van der Waals surface area (Å²) in [5.74, 6) is 0.234. The predicted octanol–water partition coefficient (Wildman–Crippen LogP) is 2.00. The van der Waals surface area contributed by atoms with Gasteiger partial charge in [0.15, 0.2) is 0 Å². The third-order valence-corrected chi connectivity index (χ3v) is 3.10. The van der Waals surface area contributed by atoms with Crippen LogP contribution < -0.4 is 5.32 Å². The highest BCUT2D eigenvalue weighted by Gasteiger charge is 2.07. The van der Waals surface area contributed by atoms with E-state index in [9.17, 15) is 4.79 Å². The highest BCUT2D eigenvalue weighted by atomic mass is 16.2. The van der Waals surface area contributed by atoms with E-state index in [0.717, 1.165) is 25.9 Å². The number of rotatable bonds is 7. The number of likely N-dealkylation sites (N-methyl/N-ethyl adjacent to an activating group) is 1. The molecule has 3 heteroatoms. The van der Waals surface area contributed by atoms with Crippen molar-refractivity contribution in [1.82, 2.24) is 10.2 Å². The Kier molecular flexibility index (Phi) is 6.44. The van der Waals surface area contributed by atoms with E-state index in [2.05, 4.69) is 36.5 Å². The van der Waals surface area contributed by atoms with E-state index in [1.54, 1.807) is 0 Å². The van der Waals surface area contributed by atoms with Gasteiger partial charge in [-0.15, -0.1) is 0 Å². The molecule has 0 aromatic heterocycles. The molecule has 0 unspecified atom stereocenters. The van der Waals surface area contributed by atoms with Crippen LogP contribution in [-0.2, 0) is 11.2 Å². The van der Waals surface area contributed by atoms with Crippen molar-refractivity contribution in [1.29, 1.82) is 0 Å². The molecule has 0 radical (unpaired) electrons. The number of aryl methyl sites for hydroxylation is 1. The van der Waals surface area contributed by atoms with Gasteiger partial charge in [0.1, 0.15) is 0 Å². The van der Waals surface area contributed by atoms with E-state index in [4.69, 9.17) is 0 Å². The quantitative estimate of drug-likeness (QED) is 0.749. The fourth-order valence-corrected chi connectivity index (χ4v) is 1.78. The Morgan fingerprint density at radius 3 is 2.56 bits per heavy atom. The van der Waals surface area contributed by atoms with Crippen LogP contribution in [0.2, 0.25) is 0 Å². The summed E-state index contributed by atoms with van der Waals surface area (Å²) >= 11 is 0. The second-order valence-electron chi connectivity index (χ2n) is 4.76. The Morgan fingerprint density at radius 1 is 1.28 bits per heavy atom. The zero-order valence-electron chi connectivity index (χ0n) is 11.7. The number of benzene rings is 1. The fourth-order valence-electron chi connectivity index (χ4n) is 1.78. The summed E-state index contributed by atoms with van der Waals surface area (Å²) in [5, 5.41) is 3.05. The lowest BCUT2D eigenvalue weighted by Crippen LogP contribution is -2.29. The number of hydrogen-bond acceptors (Lipinski definition) is 2. The highest BCUT2D eigenvalue weighted by molar-refractivity contribution is 5.75. The number of amides is 1. The molecule has 3 nitrogen and oxygen atoms in total. The van der Waals surface area contributed by atoms with E-state index in [-0.39, 0.29) is 5.91 Å². The molecular weight excluding hydrogens is 224 g/mol. The molecule has 0 fully saturated rings. The van der Waals surface area contributed by atoms with Gasteiger partial charge in [-0.3, -0.25) is 4.79 Å². The molecule has 1 aromatic rings. The second-order valence-corrected chi connectivity index (χ2v) is 4.76. The summed E-state index contributed by atoms with van der Waals surface area (Å²) in [6.07, 6.45) is 2.46. The summed E-state index contributed by atoms with van der Waals surface area (Å²) in [6, 6.07) is 8.50. The zero-order chi connectivity index (χ0) is 13.4. The Labute approximate surface area is 110 Å². The van der Waals surface area contributed by atoms with Crippen LogP contribution in [0.15, 0.2) is 24.3 Å². The highest BCUT2D eigenvalue weighted by Crippen LogP contribution is 2.05. The van der Waals surface area contributed by atoms with Gasteiger partial charge >= 0.3 is 0 Å². The number of carbonyl (C=O) groups is 1. The molecule has 18 heavy (non-hydrogen) atoms. The Balaban J connectivity index is 2.29. The molecule has 0 spiro atoms. The van der Waals surface area contributed by atoms with Gasteiger partial charge in [-0.1, -0.05) is 29.8 Å². The molecule has 0 saturated carbocycles. The van der Waals surface area contributed by atoms with Crippen molar-refractivity contribution in [2.24, 2.45) is 0 Å². The molecule has 100 valence electrons. The van der Waals surface area contributed by atoms with Gasteiger partial charge < -0.3 is 10.2 Å². The Morgan fingerprint density at radius 2 is 1.94 bits per heavy atom. The molecule has 0 heterocycles. The minimum atomic E-state index is 0.234. The van der Waals surface area contributed by atoms with Gasteiger partial charge in [0.2, 0.25) is 5.91 Å². The van der Waals surface area contributed by atoms with Crippen LogP contribution in [0.25, 0.3) is 0 Å². The first-order valence-corrected chi connectivity index (χ1v) is 6.57. The number of carbonyl (C=O) groups excluding carboxylic acids is 1. The number of hydrogen-bond donors (Lipinski definition) is 1.